The molecule has 0 saturated heterocycles. The van der Waals surface area contributed by atoms with Gasteiger partial charge in [0.2, 0.25) is 5.95 Å². The number of hydrogen-bond donors (Lipinski definition) is 3. The number of rotatable bonds is 8. The van der Waals surface area contributed by atoms with Crippen LogP contribution in [0.3, 0.4) is 0 Å². The summed E-state index contributed by atoms with van der Waals surface area (Å²) >= 11 is 4.30. The first-order chi connectivity index (χ1) is 13.9. The highest BCUT2D eigenvalue weighted by molar-refractivity contribution is 7.79. The first kappa shape index (κ1) is 21.2. The topological polar surface area (TPSA) is 101 Å². The summed E-state index contributed by atoms with van der Waals surface area (Å²) in [5, 5.41) is 3.47. The van der Waals surface area contributed by atoms with E-state index in [4.69, 9.17) is 17.3 Å². The Hall–Kier alpha value is -2.48. The summed E-state index contributed by atoms with van der Waals surface area (Å²) in [7, 11) is 0. The lowest BCUT2D eigenvalue weighted by molar-refractivity contribution is 0.540. The lowest BCUT2D eigenvalue weighted by Crippen LogP contribution is -2.21. The summed E-state index contributed by atoms with van der Waals surface area (Å²) in [5.74, 6) is 0.713. The molecule has 0 aliphatic carbocycles. The molecule has 0 radical (unpaired) electrons. The third-order valence-electron chi connectivity index (χ3n) is 4.65. The maximum absolute atomic E-state index is 11.7. The quantitative estimate of drug-likeness (QED) is 0.460. The highest BCUT2D eigenvalue weighted by Gasteiger charge is 2.16. The van der Waals surface area contributed by atoms with Crippen LogP contribution in [-0.4, -0.2) is 30.5 Å². The Balaban J connectivity index is 1.69. The van der Waals surface area contributed by atoms with Gasteiger partial charge in [-0.2, -0.15) is 4.98 Å². The zero-order chi connectivity index (χ0) is 20.8. The third-order valence-corrected chi connectivity index (χ3v) is 6.03. The zero-order valence-corrected chi connectivity index (χ0v) is 17.6. The van der Waals surface area contributed by atoms with Crippen molar-refractivity contribution in [2.24, 2.45) is 0 Å². The monoisotopic (exact) mass is 430 g/mol. The van der Waals surface area contributed by atoms with Crippen molar-refractivity contribution in [2.45, 2.75) is 25.0 Å². The molecule has 0 bridgehead atoms. The summed E-state index contributed by atoms with van der Waals surface area (Å²) in [5.41, 5.74) is 9.38. The van der Waals surface area contributed by atoms with Gasteiger partial charge in [0.15, 0.2) is 11.1 Å². The maximum Gasteiger partial charge on any atom is 0.222 e. The van der Waals surface area contributed by atoms with Gasteiger partial charge in [0.05, 0.1) is 10.9 Å². The highest BCUT2D eigenvalue weighted by Crippen LogP contribution is 2.28. The second-order valence-electron chi connectivity index (χ2n) is 6.71. The molecule has 0 saturated carbocycles. The van der Waals surface area contributed by atoms with Crippen LogP contribution in [0.1, 0.15) is 17.5 Å². The molecule has 0 amide bonds. The average Bonchev–Trinajstić information content (AvgIpc) is 2.69. The van der Waals surface area contributed by atoms with Crippen LogP contribution in [0.25, 0.3) is 11.3 Å². The maximum atomic E-state index is 11.7. The molecule has 0 spiro atoms. The van der Waals surface area contributed by atoms with E-state index >= 15 is 0 Å². The van der Waals surface area contributed by atoms with Crippen LogP contribution in [0.15, 0.2) is 54.6 Å². The normalized spacial score (nSPS) is 13.1. The summed E-state index contributed by atoms with van der Waals surface area (Å²) < 4.78 is 21.4. The third kappa shape index (κ3) is 5.76. The Labute approximate surface area is 177 Å². The van der Waals surface area contributed by atoms with Crippen molar-refractivity contribution in [3.63, 3.8) is 0 Å². The van der Waals surface area contributed by atoms with E-state index in [0.717, 1.165) is 16.7 Å². The van der Waals surface area contributed by atoms with Crippen LogP contribution < -0.4 is 11.1 Å². The van der Waals surface area contributed by atoms with Gasteiger partial charge in [-0.05, 0) is 37.0 Å². The molecule has 2 aromatic carbocycles. The number of aromatic nitrogens is 2. The average molecular weight is 431 g/mol. The van der Waals surface area contributed by atoms with Crippen molar-refractivity contribution >= 4 is 34.4 Å². The predicted molar refractivity (Wildman–Crippen MR) is 119 cm³/mol. The Morgan fingerprint density at radius 3 is 2.66 bits per heavy atom. The van der Waals surface area contributed by atoms with E-state index in [1.54, 1.807) is 6.07 Å². The van der Waals surface area contributed by atoms with E-state index in [2.05, 4.69) is 15.3 Å². The zero-order valence-electron chi connectivity index (χ0n) is 16.0. The van der Waals surface area contributed by atoms with Gasteiger partial charge >= 0.3 is 0 Å². The molecule has 0 fully saturated rings. The number of benzene rings is 2. The van der Waals surface area contributed by atoms with Crippen molar-refractivity contribution in [1.82, 2.24) is 9.97 Å². The first-order valence-corrected chi connectivity index (χ1v) is 10.8. The Bertz CT molecular complexity index is 1000. The van der Waals surface area contributed by atoms with Crippen molar-refractivity contribution in [3.8, 4) is 11.3 Å². The molecule has 3 rings (SSSR count). The largest absolute Gasteiger partial charge is 0.370 e. The molecule has 0 aliphatic heterocycles. The van der Waals surface area contributed by atoms with Crippen LogP contribution in [0.2, 0.25) is 5.02 Å². The Morgan fingerprint density at radius 1 is 1.17 bits per heavy atom. The SMILES string of the molecule is Cc1c(Cl)cccc1-c1cc(NCCC(Cc2ccccc2)S(=O)O)nc(N)n1. The van der Waals surface area contributed by atoms with E-state index in [9.17, 15) is 8.76 Å². The van der Waals surface area contributed by atoms with Gasteiger partial charge in [0.25, 0.3) is 0 Å². The minimum Gasteiger partial charge on any atom is -0.370 e. The van der Waals surface area contributed by atoms with Gasteiger partial charge in [-0.25, -0.2) is 9.19 Å². The number of nitrogens with one attached hydrogen (secondary N) is 1. The van der Waals surface area contributed by atoms with Crippen LogP contribution in [0.5, 0.6) is 0 Å². The second-order valence-corrected chi connectivity index (χ2v) is 8.34. The van der Waals surface area contributed by atoms with Crippen molar-refractivity contribution < 1.29 is 8.76 Å². The summed E-state index contributed by atoms with van der Waals surface area (Å²) in [6.07, 6.45) is 1.04. The molecular formula is C21H23ClN4O2S. The molecule has 152 valence electrons. The molecule has 4 N–H and O–H groups in total. The van der Waals surface area contributed by atoms with Crippen molar-refractivity contribution in [3.05, 3.63) is 70.7 Å². The molecule has 8 heteroatoms. The van der Waals surface area contributed by atoms with Crippen LogP contribution in [-0.2, 0) is 17.5 Å². The number of hydrogen-bond acceptors (Lipinski definition) is 5. The van der Waals surface area contributed by atoms with Gasteiger partial charge < -0.3 is 15.6 Å². The minimum absolute atomic E-state index is 0.149. The lowest BCUT2D eigenvalue weighted by Gasteiger charge is -2.15. The smallest absolute Gasteiger partial charge is 0.222 e. The van der Waals surface area contributed by atoms with Crippen molar-refractivity contribution in [1.29, 1.82) is 0 Å². The van der Waals surface area contributed by atoms with Gasteiger partial charge in [-0.3, -0.25) is 0 Å². The van der Waals surface area contributed by atoms with Crippen LogP contribution >= 0.6 is 11.6 Å². The summed E-state index contributed by atoms with van der Waals surface area (Å²) in [6.45, 7) is 2.40. The van der Waals surface area contributed by atoms with Gasteiger partial charge in [-0.15, -0.1) is 0 Å². The fourth-order valence-corrected chi connectivity index (χ4v) is 3.92. The molecule has 6 nitrogen and oxygen atoms in total. The Morgan fingerprint density at radius 2 is 1.93 bits per heavy atom. The van der Waals surface area contributed by atoms with E-state index in [0.29, 0.717) is 35.9 Å². The van der Waals surface area contributed by atoms with Crippen molar-refractivity contribution in [2.75, 3.05) is 17.6 Å². The Kier molecular flexibility index (Phi) is 7.19. The summed E-state index contributed by atoms with van der Waals surface area (Å²) in [6, 6.07) is 17.1. The highest BCUT2D eigenvalue weighted by atomic mass is 35.5. The number of nitrogen functional groups attached to an aromatic ring is 1. The summed E-state index contributed by atoms with van der Waals surface area (Å²) in [4.78, 5) is 8.53. The number of nitrogens with zero attached hydrogens (tertiary/aromatic N) is 2. The van der Waals surface area contributed by atoms with Gasteiger partial charge in [0, 0.05) is 23.2 Å². The van der Waals surface area contributed by atoms with Gasteiger partial charge in [0.1, 0.15) is 5.82 Å². The van der Waals surface area contributed by atoms with E-state index in [-0.39, 0.29) is 11.2 Å². The fourth-order valence-electron chi connectivity index (χ4n) is 3.09. The molecule has 2 atom stereocenters. The molecule has 1 heterocycles. The molecular weight excluding hydrogens is 408 g/mol. The lowest BCUT2D eigenvalue weighted by atomic mass is 10.1. The van der Waals surface area contributed by atoms with Crippen LogP contribution in [0.4, 0.5) is 11.8 Å². The fraction of sp³-hybridized carbons (Fsp3) is 0.238. The first-order valence-electron chi connectivity index (χ1n) is 9.21. The number of nitrogens with two attached hydrogens (primary N) is 1. The molecule has 29 heavy (non-hydrogen) atoms. The van der Waals surface area contributed by atoms with E-state index in [1.807, 2.05) is 55.5 Å². The number of anilines is 2. The molecule has 2 unspecified atom stereocenters. The standard InChI is InChI=1S/C21H23ClN4O2S/c1-14-17(8-5-9-18(14)22)19-13-20(26-21(23)25-19)24-11-10-16(29(27)28)12-15-6-3-2-4-7-15/h2-9,13,16H,10-12H2,1H3,(H,27,28)(H3,23,24,25,26). The predicted octanol–water partition coefficient (Wildman–Crippen LogP) is 4.32. The van der Waals surface area contributed by atoms with Crippen LogP contribution in [0, 0.1) is 6.92 Å². The van der Waals surface area contributed by atoms with E-state index in [1.165, 1.54) is 0 Å². The molecule has 1 aromatic heterocycles. The van der Waals surface area contributed by atoms with E-state index < -0.39 is 11.1 Å². The minimum atomic E-state index is -1.92. The number of halogens is 1. The molecule has 3 aromatic rings. The second kappa shape index (κ2) is 9.82. The molecule has 0 aliphatic rings. The van der Waals surface area contributed by atoms with Gasteiger partial charge in [-0.1, -0.05) is 54.1 Å².